The van der Waals surface area contributed by atoms with Crippen molar-refractivity contribution in [2.75, 3.05) is 14.7 Å². The van der Waals surface area contributed by atoms with Crippen molar-refractivity contribution >= 4 is 107 Å². The van der Waals surface area contributed by atoms with Crippen LogP contribution >= 0.6 is 11.3 Å². The molecule has 0 bridgehead atoms. The van der Waals surface area contributed by atoms with E-state index in [1.807, 2.05) is 11.3 Å². The maximum Gasteiger partial charge on any atom is 0.273 e. The number of anilines is 9. The predicted octanol–water partition coefficient (Wildman–Crippen LogP) is 26.1. The zero-order chi connectivity index (χ0) is 73.1. The van der Waals surface area contributed by atoms with Crippen LogP contribution in [-0.4, -0.2) is 11.3 Å². The van der Waals surface area contributed by atoms with Crippen LogP contribution in [0.2, 0.25) is 0 Å². The van der Waals surface area contributed by atoms with Crippen LogP contribution in [0.3, 0.4) is 0 Å². The fourth-order valence-electron chi connectivity index (χ4n) is 15.5. The van der Waals surface area contributed by atoms with Gasteiger partial charge in [-0.05, 0) is 201 Å². The average Bonchev–Trinajstić information content (AvgIpc) is 1.42. The second kappa shape index (κ2) is 24.4. The molecule has 0 saturated heterocycles. The Morgan fingerprint density at radius 3 is 1.08 bits per heavy atom. The molecule has 0 saturated carbocycles. The minimum atomic E-state index is -0.249. The summed E-state index contributed by atoms with van der Waals surface area (Å²) in [5, 5.41) is 2.52. The van der Waals surface area contributed by atoms with Gasteiger partial charge < -0.3 is 19.3 Å². The van der Waals surface area contributed by atoms with Crippen molar-refractivity contribution in [2.24, 2.45) is 0 Å². The number of hydrogen-bond acceptors (Lipinski definition) is 4. The number of nitrogens with zero attached hydrogens (tertiary/aromatic N) is 4. The van der Waals surface area contributed by atoms with Crippen LogP contribution in [-0.2, 0) is 43.3 Å². The number of benzene rings is 10. The van der Waals surface area contributed by atoms with E-state index in [4.69, 9.17) is 0 Å². The number of thiophene rings is 1. The molecule has 10 aromatic carbocycles. The van der Waals surface area contributed by atoms with E-state index < -0.39 is 0 Å². The van der Waals surface area contributed by atoms with Crippen LogP contribution in [0.25, 0.3) is 48.2 Å². The third-order valence-corrected chi connectivity index (χ3v) is 23.2. The first-order chi connectivity index (χ1) is 47.6. The van der Waals surface area contributed by atoms with Crippen molar-refractivity contribution in [1.82, 2.24) is 4.57 Å². The first-order valence-corrected chi connectivity index (χ1v) is 38.1. The Morgan fingerprint density at radius 2 is 0.667 bits per heavy atom. The minimum Gasteiger partial charge on any atom is -0.319 e. The van der Waals surface area contributed by atoms with E-state index in [-0.39, 0.29) is 50.0 Å². The highest BCUT2D eigenvalue weighted by Gasteiger charge is 2.48. The summed E-state index contributed by atoms with van der Waals surface area (Å²) in [7, 11) is 0. The van der Waals surface area contributed by atoms with E-state index in [0.29, 0.717) is 0 Å². The lowest BCUT2D eigenvalue weighted by Crippen LogP contribution is -2.63. The van der Waals surface area contributed by atoms with Crippen molar-refractivity contribution in [3.8, 4) is 27.3 Å². The highest BCUT2D eigenvalue weighted by atomic mass is 32.1. The lowest BCUT2D eigenvalue weighted by Gasteiger charge is -2.45. The smallest absolute Gasteiger partial charge is 0.273 e. The summed E-state index contributed by atoms with van der Waals surface area (Å²) in [6.45, 7) is 55.7. The zero-order valence-corrected chi connectivity index (χ0v) is 66.3. The maximum atomic E-state index is 2.72. The normalized spacial score (nSPS) is 13.8. The van der Waals surface area contributed by atoms with E-state index in [9.17, 15) is 0 Å². The maximum absolute atomic E-state index is 2.72. The van der Waals surface area contributed by atoms with Gasteiger partial charge in [-0.2, -0.15) is 0 Å². The summed E-state index contributed by atoms with van der Waals surface area (Å²) in [5.41, 5.74) is 30.2. The Morgan fingerprint density at radius 1 is 0.314 bits per heavy atom. The molecule has 12 aromatic rings. The first-order valence-electron chi connectivity index (χ1n) is 37.3. The SMILES string of the molecule is CC(C)(C)c1ccc(-c2sc3c(ccc4c3c3c(n4-c4ccc(C(C)(C)C)cc4)B4c5ccc(N(c6ccc(C(C)(C)C)cc6)c6ccc(C(C)(C)C)cc6)cc5N(c5ccc(C(C)(C)C)cc5)c5cc(C(C)(C)C)cc(c54)N3c3ccc(C(C)(C)C)cc3)c2-c2ccc(C(C)(C)C)cc2)cc1. The summed E-state index contributed by atoms with van der Waals surface area (Å²) in [6.07, 6.45) is 0. The molecular weight excluding hydrogens is 1250 g/mol. The zero-order valence-electron chi connectivity index (χ0n) is 65.5. The lowest BCUT2D eigenvalue weighted by atomic mass is 9.34. The number of hydrogen-bond donors (Lipinski definition) is 0. The van der Waals surface area contributed by atoms with Crippen LogP contribution in [0.4, 0.5) is 51.2 Å². The molecule has 102 heavy (non-hydrogen) atoms. The third kappa shape index (κ3) is 12.5. The van der Waals surface area contributed by atoms with Gasteiger partial charge >= 0.3 is 0 Å². The summed E-state index contributed by atoms with van der Waals surface area (Å²) >= 11 is 1.97. The molecule has 0 aliphatic carbocycles. The predicted molar refractivity (Wildman–Crippen MR) is 448 cm³/mol. The van der Waals surface area contributed by atoms with Crippen LogP contribution < -0.4 is 31.2 Å². The van der Waals surface area contributed by atoms with Gasteiger partial charge in [0.2, 0.25) is 0 Å². The summed E-state index contributed by atoms with van der Waals surface area (Å²) < 4.78 is 3.98. The van der Waals surface area contributed by atoms with E-state index in [1.54, 1.807) is 0 Å². The summed E-state index contributed by atoms with van der Waals surface area (Å²) in [5.74, 6) is 0. The van der Waals surface area contributed by atoms with Gasteiger partial charge in [0, 0.05) is 82.7 Å². The fourth-order valence-corrected chi connectivity index (χ4v) is 16.9. The quantitative estimate of drug-likeness (QED) is 0.141. The van der Waals surface area contributed by atoms with E-state index in [0.717, 1.165) is 39.8 Å². The lowest BCUT2D eigenvalue weighted by molar-refractivity contribution is 0.589. The number of rotatable bonds is 8. The van der Waals surface area contributed by atoms with Gasteiger partial charge in [0.15, 0.2) is 0 Å². The Hall–Kier alpha value is -8.84. The fraction of sp³-hybridized carbons (Fsp3) is 0.333. The standard InChI is InChI=1S/C96H107BN4S/c1-89(2,3)62-29-25-60(26-30-62)82-76-54-56-78-83(87(76)102-86(82)61-27-31-63(32-28-61)90(4,5)6)85-88(101(78)74-51-41-68(42-52-74)95(19,20)21)97-77-55-53-75(98(70-43-33-64(34-44-70)91(7,8)9)71-45-35-65(36-46-71)92(10,11)12)59-79(77)99(72-47-37-66(38-48-72)93(13,14)15)80-57-69(96(22,23)24)58-81(84(80)97)100(85)73-49-39-67(40-50-73)94(16,17)18/h25-59H,1-24H3. The van der Waals surface area contributed by atoms with Gasteiger partial charge in [-0.25, -0.2) is 0 Å². The van der Waals surface area contributed by atoms with Crippen molar-refractivity contribution < 1.29 is 0 Å². The Balaban J connectivity index is 1.16. The second-order valence-corrected chi connectivity index (χ2v) is 38.7. The Kier molecular flexibility index (Phi) is 16.8. The molecule has 0 spiro atoms. The molecule has 0 fully saturated rings. The van der Waals surface area contributed by atoms with Crippen LogP contribution in [0.1, 0.15) is 211 Å². The van der Waals surface area contributed by atoms with Gasteiger partial charge in [-0.15, -0.1) is 11.3 Å². The molecule has 0 radical (unpaired) electrons. The molecule has 0 unspecified atom stereocenters. The molecule has 4 nitrogen and oxygen atoms in total. The second-order valence-electron chi connectivity index (χ2n) is 37.7. The third-order valence-electron chi connectivity index (χ3n) is 21.9. The summed E-state index contributed by atoms with van der Waals surface area (Å²) in [4.78, 5) is 9.13. The molecule has 520 valence electrons. The molecule has 6 heteroatoms. The van der Waals surface area contributed by atoms with E-state index in [1.165, 1.54) is 121 Å². The van der Waals surface area contributed by atoms with Crippen LogP contribution in [0.15, 0.2) is 212 Å². The van der Waals surface area contributed by atoms with Gasteiger partial charge in [-0.3, -0.25) is 0 Å². The van der Waals surface area contributed by atoms with Crippen molar-refractivity contribution in [3.05, 3.63) is 257 Å². The Bertz CT molecular complexity index is 5100. The monoisotopic (exact) mass is 1360 g/mol. The van der Waals surface area contributed by atoms with Gasteiger partial charge in [0.25, 0.3) is 6.71 Å². The number of fused-ring (bicyclic) bond motifs is 8. The summed E-state index contributed by atoms with van der Waals surface area (Å²) in [6, 6.07) is 84.0. The molecule has 2 aromatic heterocycles. The van der Waals surface area contributed by atoms with Crippen LogP contribution in [0.5, 0.6) is 0 Å². The van der Waals surface area contributed by atoms with Crippen LogP contribution in [0, 0.1) is 0 Å². The highest BCUT2D eigenvalue weighted by Crippen LogP contribution is 2.55. The molecule has 4 heterocycles. The minimum absolute atomic E-state index is 0.000971. The van der Waals surface area contributed by atoms with Gasteiger partial charge in [0.1, 0.15) is 0 Å². The molecular formula is C96H107BN4S. The molecule has 2 aliphatic rings. The highest BCUT2D eigenvalue weighted by molar-refractivity contribution is 7.24. The van der Waals surface area contributed by atoms with Gasteiger partial charge in [0.05, 0.1) is 11.2 Å². The van der Waals surface area contributed by atoms with Crippen molar-refractivity contribution in [3.63, 3.8) is 0 Å². The van der Waals surface area contributed by atoms with Gasteiger partial charge in [-0.1, -0.05) is 287 Å². The molecule has 0 N–H and O–H groups in total. The van der Waals surface area contributed by atoms with Crippen molar-refractivity contribution in [1.29, 1.82) is 0 Å². The largest absolute Gasteiger partial charge is 0.319 e. The molecule has 0 amide bonds. The number of aromatic nitrogens is 1. The van der Waals surface area contributed by atoms with E-state index >= 15 is 0 Å². The topological polar surface area (TPSA) is 14.7 Å². The molecule has 2 aliphatic heterocycles. The van der Waals surface area contributed by atoms with Crippen molar-refractivity contribution in [2.45, 2.75) is 209 Å². The molecule has 0 atom stereocenters. The van der Waals surface area contributed by atoms with E-state index in [2.05, 4.69) is 398 Å². The molecule has 14 rings (SSSR count). The Labute approximate surface area is 615 Å². The average molecular weight is 1360 g/mol. The first kappa shape index (κ1) is 70.2.